The summed E-state index contributed by atoms with van der Waals surface area (Å²) in [6, 6.07) is 10.9. The lowest BCUT2D eigenvalue weighted by Gasteiger charge is -2.35. The van der Waals surface area contributed by atoms with Crippen LogP contribution in [0, 0.1) is 30.6 Å². The number of benzene rings is 2. The van der Waals surface area contributed by atoms with E-state index in [4.69, 9.17) is 9.40 Å². The maximum Gasteiger partial charge on any atom is 0.227 e. The molecule has 3 aliphatic rings. The molecule has 2 fully saturated rings. The third-order valence-corrected chi connectivity index (χ3v) is 9.65. The van der Waals surface area contributed by atoms with Crippen molar-refractivity contribution in [3.05, 3.63) is 59.0 Å². The molecule has 1 unspecified atom stereocenters. The van der Waals surface area contributed by atoms with Crippen LogP contribution in [0.25, 0.3) is 28.3 Å². The van der Waals surface area contributed by atoms with Gasteiger partial charge >= 0.3 is 0 Å². The summed E-state index contributed by atoms with van der Waals surface area (Å²) in [5, 5.41) is 5.66. The van der Waals surface area contributed by atoms with Gasteiger partial charge in [-0.25, -0.2) is 4.98 Å². The van der Waals surface area contributed by atoms with Crippen molar-refractivity contribution in [3.8, 4) is 11.5 Å². The summed E-state index contributed by atoms with van der Waals surface area (Å²) >= 11 is 0. The average molecular weight is 569 g/mol. The maximum absolute atomic E-state index is 12.9. The summed E-state index contributed by atoms with van der Waals surface area (Å²) in [5.74, 6) is 4.04. The Labute approximate surface area is 251 Å². The van der Waals surface area contributed by atoms with E-state index in [1.807, 2.05) is 6.92 Å². The van der Waals surface area contributed by atoms with Gasteiger partial charge in [0, 0.05) is 37.7 Å². The zero-order valence-electron chi connectivity index (χ0n) is 26.0. The number of aromatic nitrogens is 1. The largest absolute Gasteiger partial charge is 0.441 e. The molecule has 3 atom stereocenters. The minimum Gasteiger partial charge on any atom is -0.441 e. The van der Waals surface area contributed by atoms with E-state index < -0.39 is 0 Å². The van der Waals surface area contributed by atoms with Crippen molar-refractivity contribution in [2.45, 2.75) is 66.3 Å². The number of amides is 1. The molecule has 0 radical (unpaired) electrons. The Balaban J connectivity index is 1.04. The molecule has 3 aromatic rings. The predicted octanol–water partition coefficient (Wildman–Crippen LogP) is 6.70. The van der Waals surface area contributed by atoms with Gasteiger partial charge in [-0.05, 0) is 104 Å². The Bertz CT molecular complexity index is 1420. The third kappa shape index (κ3) is 6.50. The summed E-state index contributed by atoms with van der Waals surface area (Å²) in [5.41, 5.74) is 4.77. The highest BCUT2D eigenvalue weighted by atomic mass is 16.4. The molecular weight excluding hydrogens is 520 g/mol. The highest BCUT2D eigenvalue weighted by Gasteiger charge is 2.28. The van der Waals surface area contributed by atoms with Crippen molar-refractivity contribution >= 4 is 22.8 Å². The van der Waals surface area contributed by atoms with Crippen molar-refractivity contribution in [1.82, 2.24) is 20.1 Å². The van der Waals surface area contributed by atoms with Gasteiger partial charge in [0.25, 0.3) is 0 Å². The van der Waals surface area contributed by atoms with Crippen LogP contribution in [0.5, 0.6) is 0 Å². The fourth-order valence-electron chi connectivity index (χ4n) is 7.56. The normalized spacial score (nSPS) is 23.8. The lowest BCUT2D eigenvalue weighted by Crippen LogP contribution is -2.42. The quantitative estimate of drug-likeness (QED) is 0.306. The van der Waals surface area contributed by atoms with Crippen LogP contribution in [0.2, 0.25) is 0 Å². The average Bonchev–Trinajstić information content (AvgIpc) is 3.33. The van der Waals surface area contributed by atoms with Crippen molar-refractivity contribution in [2.24, 2.45) is 23.7 Å². The molecule has 0 saturated carbocycles. The van der Waals surface area contributed by atoms with E-state index >= 15 is 0 Å². The summed E-state index contributed by atoms with van der Waals surface area (Å²) in [6.07, 6.45) is 9.73. The second-order valence-corrected chi connectivity index (χ2v) is 13.5. The molecule has 0 bridgehead atoms. The molecule has 1 amide bonds. The summed E-state index contributed by atoms with van der Waals surface area (Å²) in [6.45, 7) is 15.9. The Kier molecular flexibility index (Phi) is 8.83. The first-order valence-electron chi connectivity index (χ1n) is 16.3. The molecular formula is C36H48N4O2. The molecule has 6 rings (SSSR count). The predicted molar refractivity (Wildman–Crippen MR) is 171 cm³/mol. The Morgan fingerprint density at radius 2 is 1.83 bits per heavy atom. The summed E-state index contributed by atoms with van der Waals surface area (Å²) in [7, 11) is 0. The van der Waals surface area contributed by atoms with Crippen LogP contribution < -0.4 is 5.32 Å². The first-order valence-corrected chi connectivity index (χ1v) is 16.3. The molecule has 1 aliphatic carbocycles. The zero-order chi connectivity index (χ0) is 29.2. The van der Waals surface area contributed by atoms with E-state index in [1.54, 1.807) is 0 Å². The standard InChI is InChI=1S/C36H48N4O2/c1-24-10-11-30-20-29-8-5-6-9-31(29)34(32(30)19-24)36-38-33(27(4)42-36)23-39-16-12-28(13-17-39)35(41)37-14-7-15-40-21-25(2)18-26(3)22-40/h5-6,8-11,20,24-26,28H,7,12-19,21-23H2,1-4H3,(H,37,41)/t24?,25-,26+. The van der Waals surface area contributed by atoms with E-state index in [0.717, 1.165) is 93.2 Å². The van der Waals surface area contributed by atoms with Crippen LogP contribution in [0.15, 0.2) is 40.8 Å². The van der Waals surface area contributed by atoms with Crippen molar-refractivity contribution in [1.29, 1.82) is 0 Å². The number of aryl methyl sites for hydroxylation is 1. The van der Waals surface area contributed by atoms with Gasteiger partial charge in [0.2, 0.25) is 11.8 Å². The number of fused-ring (bicyclic) bond motifs is 2. The fourth-order valence-corrected chi connectivity index (χ4v) is 7.56. The first kappa shape index (κ1) is 29.1. The molecule has 2 aromatic carbocycles. The number of oxazole rings is 1. The second-order valence-electron chi connectivity index (χ2n) is 13.5. The summed E-state index contributed by atoms with van der Waals surface area (Å²) in [4.78, 5) is 23.0. The van der Waals surface area contributed by atoms with Crippen LogP contribution in [-0.2, 0) is 17.8 Å². The van der Waals surface area contributed by atoms with Crippen molar-refractivity contribution in [3.63, 3.8) is 0 Å². The molecule has 2 saturated heterocycles. The molecule has 224 valence electrons. The fraction of sp³-hybridized carbons (Fsp3) is 0.556. The molecule has 6 nitrogen and oxygen atoms in total. The molecule has 1 aromatic heterocycles. The highest BCUT2D eigenvalue weighted by Crippen LogP contribution is 2.39. The number of carbonyl (C=O) groups excluding carboxylic acids is 1. The number of hydrogen-bond donors (Lipinski definition) is 1. The number of nitrogens with one attached hydrogen (secondary N) is 1. The number of allylic oxidation sites excluding steroid dienone is 1. The lowest BCUT2D eigenvalue weighted by molar-refractivity contribution is -0.126. The summed E-state index contributed by atoms with van der Waals surface area (Å²) < 4.78 is 6.39. The Morgan fingerprint density at radius 1 is 1.07 bits per heavy atom. The van der Waals surface area contributed by atoms with Crippen molar-refractivity contribution in [2.75, 3.05) is 39.3 Å². The van der Waals surface area contributed by atoms with E-state index in [0.29, 0.717) is 5.92 Å². The minimum absolute atomic E-state index is 0.113. The van der Waals surface area contributed by atoms with Gasteiger partial charge in [0.1, 0.15) is 5.76 Å². The van der Waals surface area contributed by atoms with Crippen LogP contribution in [0.3, 0.4) is 0 Å². The van der Waals surface area contributed by atoms with Gasteiger partial charge in [-0.2, -0.15) is 0 Å². The third-order valence-electron chi connectivity index (χ3n) is 9.65. The van der Waals surface area contributed by atoms with Gasteiger partial charge in [0.15, 0.2) is 0 Å². The molecule has 3 heterocycles. The number of rotatable bonds is 8. The van der Waals surface area contributed by atoms with Gasteiger partial charge in [-0.15, -0.1) is 0 Å². The Morgan fingerprint density at radius 3 is 2.62 bits per heavy atom. The van der Waals surface area contributed by atoms with Crippen LogP contribution in [0.1, 0.15) is 69.0 Å². The molecule has 0 spiro atoms. The molecule has 42 heavy (non-hydrogen) atoms. The van der Waals surface area contributed by atoms with Crippen molar-refractivity contribution < 1.29 is 9.21 Å². The Hall–Kier alpha value is -2.96. The smallest absolute Gasteiger partial charge is 0.227 e. The molecule has 6 heteroatoms. The second kappa shape index (κ2) is 12.7. The number of piperidine rings is 2. The highest BCUT2D eigenvalue weighted by molar-refractivity contribution is 5.99. The van der Waals surface area contributed by atoms with E-state index in [1.165, 1.54) is 41.4 Å². The van der Waals surface area contributed by atoms with Gasteiger partial charge in [0.05, 0.1) is 5.69 Å². The lowest BCUT2D eigenvalue weighted by atomic mass is 9.84. The molecule has 2 aliphatic heterocycles. The zero-order valence-corrected chi connectivity index (χ0v) is 26.0. The maximum atomic E-state index is 12.9. The van der Waals surface area contributed by atoms with Crippen LogP contribution in [-0.4, -0.2) is 60.0 Å². The van der Waals surface area contributed by atoms with E-state index in [2.05, 4.69) is 78.4 Å². The monoisotopic (exact) mass is 568 g/mol. The first-order chi connectivity index (χ1) is 20.3. The van der Waals surface area contributed by atoms with Crippen LogP contribution in [0.4, 0.5) is 0 Å². The minimum atomic E-state index is 0.113. The SMILES string of the molecule is Cc1oc(-c2c3c(cc4ccccc24)C=CC(C)C3)nc1CN1CCC(C(=O)NCCCN2C[C@H](C)C[C@H](C)C2)CC1. The number of likely N-dealkylation sites (tertiary alicyclic amines) is 2. The van der Waals surface area contributed by atoms with Gasteiger partial charge in [-0.1, -0.05) is 57.2 Å². The van der Waals surface area contributed by atoms with E-state index in [-0.39, 0.29) is 11.8 Å². The van der Waals surface area contributed by atoms with Gasteiger partial charge in [-0.3, -0.25) is 9.69 Å². The van der Waals surface area contributed by atoms with Gasteiger partial charge < -0.3 is 14.6 Å². The number of carbonyl (C=O) groups is 1. The number of nitrogens with zero attached hydrogens (tertiary/aromatic N) is 3. The number of hydrogen-bond acceptors (Lipinski definition) is 5. The van der Waals surface area contributed by atoms with E-state index in [9.17, 15) is 4.79 Å². The van der Waals surface area contributed by atoms with Crippen LogP contribution >= 0.6 is 0 Å². The molecule has 1 N–H and O–H groups in total. The topological polar surface area (TPSA) is 61.6 Å².